The van der Waals surface area contributed by atoms with Gasteiger partial charge in [-0.15, -0.1) is 11.3 Å². The van der Waals surface area contributed by atoms with E-state index in [4.69, 9.17) is 0 Å². The van der Waals surface area contributed by atoms with Crippen LogP contribution < -0.4 is 4.90 Å². The summed E-state index contributed by atoms with van der Waals surface area (Å²) in [5.74, 6) is 0.0469. The van der Waals surface area contributed by atoms with Crippen molar-refractivity contribution in [1.82, 2.24) is 9.97 Å². The number of rotatable bonds is 5. The summed E-state index contributed by atoms with van der Waals surface area (Å²) in [7, 11) is 0. The third-order valence-corrected chi connectivity index (χ3v) is 5.34. The first-order chi connectivity index (χ1) is 13.2. The van der Waals surface area contributed by atoms with Crippen LogP contribution in [0.25, 0.3) is 21.5 Å². The molecular formula is C22H19N3OS. The standard InChI is InChI=1S/C22H19N3OS/c1-2-25(19-11-10-16-7-3-4-8-17(16)13-19)21(26)14-18-15-27-22(24-18)20-9-5-6-12-23-20/h3-13,15H,2,14H2,1H3. The van der Waals surface area contributed by atoms with Crippen molar-refractivity contribution in [2.24, 2.45) is 0 Å². The highest BCUT2D eigenvalue weighted by molar-refractivity contribution is 7.13. The van der Waals surface area contributed by atoms with Gasteiger partial charge in [0.05, 0.1) is 17.8 Å². The van der Waals surface area contributed by atoms with E-state index < -0.39 is 0 Å². The fourth-order valence-electron chi connectivity index (χ4n) is 3.09. The highest BCUT2D eigenvalue weighted by Crippen LogP contribution is 2.24. The average molecular weight is 373 g/mol. The summed E-state index contributed by atoms with van der Waals surface area (Å²) < 4.78 is 0. The number of hydrogen-bond donors (Lipinski definition) is 0. The van der Waals surface area contributed by atoms with Crippen LogP contribution in [0.1, 0.15) is 12.6 Å². The van der Waals surface area contributed by atoms with E-state index in [1.165, 1.54) is 16.7 Å². The van der Waals surface area contributed by atoms with Gasteiger partial charge in [-0.25, -0.2) is 4.98 Å². The summed E-state index contributed by atoms with van der Waals surface area (Å²) >= 11 is 1.52. The number of carbonyl (C=O) groups excluding carboxylic acids is 1. The maximum Gasteiger partial charge on any atom is 0.233 e. The van der Waals surface area contributed by atoms with Gasteiger partial charge in [-0.2, -0.15) is 0 Å². The van der Waals surface area contributed by atoms with Crippen molar-refractivity contribution < 1.29 is 4.79 Å². The molecule has 0 aliphatic heterocycles. The van der Waals surface area contributed by atoms with Crippen molar-refractivity contribution in [2.45, 2.75) is 13.3 Å². The molecule has 134 valence electrons. The highest BCUT2D eigenvalue weighted by atomic mass is 32.1. The van der Waals surface area contributed by atoms with E-state index in [0.29, 0.717) is 6.54 Å². The van der Waals surface area contributed by atoms with Gasteiger partial charge in [-0.05, 0) is 42.0 Å². The topological polar surface area (TPSA) is 46.1 Å². The largest absolute Gasteiger partial charge is 0.312 e. The second kappa shape index (κ2) is 7.68. The van der Waals surface area contributed by atoms with Gasteiger partial charge in [-0.3, -0.25) is 9.78 Å². The third kappa shape index (κ3) is 3.73. The van der Waals surface area contributed by atoms with E-state index in [0.717, 1.165) is 27.5 Å². The number of hydrogen-bond acceptors (Lipinski definition) is 4. The Kier molecular flexibility index (Phi) is 4.94. The lowest BCUT2D eigenvalue weighted by Crippen LogP contribution is -2.32. The average Bonchev–Trinajstić information content (AvgIpc) is 3.17. The lowest BCUT2D eigenvalue weighted by Gasteiger charge is -2.21. The molecule has 2 aromatic heterocycles. The smallest absolute Gasteiger partial charge is 0.233 e. The van der Waals surface area contributed by atoms with E-state index in [1.807, 2.05) is 53.6 Å². The third-order valence-electron chi connectivity index (χ3n) is 4.43. The lowest BCUT2D eigenvalue weighted by atomic mass is 10.1. The molecule has 1 amide bonds. The van der Waals surface area contributed by atoms with E-state index in [9.17, 15) is 4.79 Å². The summed E-state index contributed by atoms with van der Waals surface area (Å²) in [5.41, 5.74) is 2.54. The van der Waals surface area contributed by atoms with Gasteiger partial charge >= 0.3 is 0 Å². The molecule has 4 nitrogen and oxygen atoms in total. The van der Waals surface area contributed by atoms with Crippen LogP contribution >= 0.6 is 11.3 Å². The van der Waals surface area contributed by atoms with Crippen molar-refractivity contribution in [3.8, 4) is 10.7 Å². The highest BCUT2D eigenvalue weighted by Gasteiger charge is 2.17. The second-order valence-corrected chi connectivity index (χ2v) is 7.06. The predicted molar refractivity (Wildman–Crippen MR) is 111 cm³/mol. The van der Waals surface area contributed by atoms with E-state index in [1.54, 1.807) is 6.20 Å². The van der Waals surface area contributed by atoms with Crippen LogP contribution in [-0.2, 0) is 11.2 Å². The SMILES string of the molecule is CCN(C(=O)Cc1csc(-c2ccccn2)n1)c1ccc2ccccc2c1. The molecule has 0 bridgehead atoms. The van der Waals surface area contributed by atoms with Crippen LogP contribution in [0, 0.1) is 0 Å². The van der Waals surface area contributed by atoms with Crippen LogP contribution in [0.3, 0.4) is 0 Å². The second-order valence-electron chi connectivity index (χ2n) is 6.21. The monoisotopic (exact) mass is 373 g/mol. The number of thiazole rings is 1. The number of anilines is 1. The summed E-state index contributed by atoms with van der Waals surface area (Å²) in [5, 5.41) is 5.08. The Bertz CT molecular complexity index is 1080. The number of fused-ring (bicyclic) bond motifs is 1. The van der Waals surface area contributed by atoms with E-state index in [-0.39, 0.29) is 12.3 Å². The van der Waals surface area contributed by atoms with Gasteiger partial charge in [0, 0.05) is 23.8 Å². The molecule has 0 aliphatic rings. The van der Waals surface area contributed by atoms with Gasteiger partial charge in [0.25, 0.3) is 0 Å². The molecule has 0 N–H and O–H groups in total. The number of likely N-dealkylation sites (N-methyl/N-ethyl adjacent to an activating group) is 1. The minimum atomic E-state index is 0.0469. The van der Waals surface area contributed by atoms with Crippen molar-refractivity contribution >= 4 is 33.7 Å². The number of pyridine rings is 1. The molecule has 0 saturated heterocycles. The van der Waals surface area contributed by atoms with Gasteiger partial charge in [0.1, 0.15) is 5.01 Å². The van der Waals surface area contributed by atoms with E-state index >= 15 is 0 Å². The fourth-order valence-corrected chi connectivity index (χ4v) is 3.89. The molecule has 4 rings (SSSR count). The molecule has 0 unspecified atom stereocenters. The summed E-state index contributed by atoms with van der Waals surface area (Å²) in [6.45, 7) is 2.61. The molecule has 4 aromatic rings. The van der Waals surface area contributed by atoms with Crippen LogP contribution in [0.15, 0.2) is 72.2 Å². The molecular weight excluding hydrogens is 354 g/mol. The van der Waals surface area contributed by atoms with Gasteiger partial charge in [0.15, 0.2) is 0 Å². The summed E-state index contributed by atoms with van der Waals surface area (Å²) in [4.78, 5) is 23.6. The number of carbonyl (C=O) groups is 1. The van der Waals surface area contributed by atoms with Crippen molar-refractivity contribution in [3.63, 3.8) is 0 Å². The molecule has 0 spiro atoms. The molecule has 27 heavy (non-hydrogen) atoms. The zero-order valence-corrected chi connectivity index (χ0v) is 15.8. The maximum absolute atomic E-state index is 12.9. The predicted octanol–water partition coefficient (Wildman–Crippen LogP) is 4.95. The van der Waals surface area contributed by atoms with Crippen molar-refractivity contribution in [3.05, 3.63) is 77.9 Å². The van der Waals surface area contributed by atoms with Crippen LogP contribution in [-0.4, -0.2) is 22.4 Å². The first-order valence-corrected chi connectivity index (χ1v) is 9.77. The van der Waals surface area contributed by atoms with Gasteiger partial charge in [0.2, 0.25) is 5.91 Å². The molecule has 0 atom stereocenters. The quantitative estimate of drug-likeness (QED) is 0.497. The molecule has 2 aromatic carbocycles. The van der Waals surface area contributed by atoms with Gasteiger partial charge < -0.3 is 4.90 Å². The first kappa shape index (κ1) is 17.4. The van der Waals surface area contributed by atoms with Gasteiger partial charge in [-0.1, -0.05) is 36.4 Å². The van der Waals surface area contributed by atoms with Crippen molar-refractivity contribution in [2.75, 3.05) is 11.4 Å². The number of amides is 1. The summed E-state index contributed by atoms with van der Waals surface area (Å²) in [6.07, 6.45) is 2.03. The zero-order chi connectivity index (χ0) is 18.6. The van der Waals surface area contributed by atoms with Crippen molar-refractivity contribution in [1.29, 1.82) is 0 Å². The Morgan fingerprint density at radius 3 is 2.63 bits per heavy atom. The Morgan fingerprint density at radius 1 is 1.04 bits per heavy atom. The minimum absolute atomic E-state index is 0.0469. The number of aromatic nitrogens is 2. The Hall–Kier alpha value is -3.05. The molecule has 2 heterocycles. The molecule has 5 heteroatoms. The Balaban J connectivity index is 1.54. The molecule has 0 saturated carbocycles. The van der Waals surface area contributed by atoms with Crippen LogP contribution in [0.5, 0.6) is 0 Å². The van der Waals surface area contributed by atoms with Crippen LogP contribution in [0.4, 0.5) is 5.69 Å². The fraction of sp³-hybridized carbons (Fsp3) is 0.136. The molecule has 0 fully saturated rings. The Morgan fingerprint density at radius 2 is 1.85 bits per heavy atom. The minimum Gasteiger partial charge on any atom is -0.312 e. The summed E-state index contributed by atoms with van der Waals surface area (Å²) in [6, 6.07) is 20.0. The Labute approximate surface area is 162 Å². The lowest BCUT2D eigenvalue weighted by molar-refractivity contribution is -0.118. The number of nitrogens with zero attached hydrogens (tertiary/aromatic N) is 3. The number of benzene rings is 2. The van der Waals surface area contributed by atoms with Crippen LogP contribution in [0.2, 0.25) is 0 Å². The van der Waals surface area contributed by atoms with E-state index in [2.05, 4.69) is 34.2 Å². The normalized spacial score (nSPS) is 10.9. The maximum atomic E-state index is 12.9. The first-order valence-electron chi connectivity index (χ1n) is 8.89. The molecule has 0 aliphatic carbocycles. The molecule has 0 radical (unpaired) electrons. The zero-order valence-electron chi connectivity index (χ0n) is 15.0.